The zero-order valence-corrected chi connectivity index (χ0v) is 20.1. The summed E-state index contributed by atoms with van der Waals surface area (Å²) in [6.45, 7) is 3.28. The fraction of sp³-hybridized carbons (Fsp3) is 0.609. The number of hydrogen-bond donors (Lipinski definition) is 1. The minimum atomic E-state index is -3.70. The SMILES string of the molecule is Cc1ccc(F)cc1CNC(=O)[C@H]1CCCN1C(=O)[C@H]1CCCN(S(=O)(=O)N2CC(C#N)C2)C1. The number of aryl methyl sites for hydroxylation is 1. The first-order chi connectivity index (χ1) is 16.2. The van der Waals surface area contributed by atoms with Gasteiger partial charge in [-0.3, -0.25) is 9.59 Å². The molecular formula is C23H30FN5O4S. The summed E-state index contributed by atoms with van der Waals surface area (Å²) < 4.78 is 41.9. The van der Waals surface area contributed by atoms with Crippen molar-refractivity contribution in [2.75, 3.05) is 32.7 Å². The summed E-state index contributed by atoms with van der Waals surface area (Å²) in [5.41, 5.74) is 1.55. The molecule has 184 valence electrons. The number of nitriles is 1. The largest absolute Gasteiger partial charge is 0.350 e. The number of carbonyl (C=O) groups is 2. The Kier molecular flexibility index (Phi) is 7.21. The molecule has 1 N–H and O–H groups in total. The zero-order chi connectivity index (χ0) is 24.5. The Morgan fingerprint density at radius 1 is 1.15 bits per heavy atom. The number of hydrogen-bond acceptors (Lipinski definition) is 5. The van der Waals surface area contributed by atoms with E-state index >= 15 is 0 Å². The summed E-state index contributed by atoms with van der Waals surface area (Å²) in [5.74, 6) is -1.63. The Balaban J connectivity index is 1.37. The summed E-state index contributed by atoms with van der Waals surface area (Å²) >= 11 is 0. The van der Waals surface area contributed by atoms with Crippen LogP contribution in [-0.2, 0) is 26.3 Å². The lowest BCUT2D eigenvalue weighted by molar-refractivity contribution is -0.142. The molecule has 0 spiro atoms. The summed E-state index contributed by atoms with van der Waals surface area (Å²) in [6, 6.07) is 5.88. The topological polar surface area (TPSA) is 114 Å². The predicted octanol–water partition coefficient (Wildman–Crippen LogP) is 1.15. The second kappa shape index (κ2) is 9.98. The first kappa shape index (κ1) is 24.6. The summed E-state index contributed by atoms with van der Waals surface area (Å²) in [7, 11) is -3.70. The van der Waals surface area contributed by atoms with Gasteiger partial charge in [-0.25, -0.2) is 4.39 Å². The average molecular weight is 492 g/mol. The van der Waals surface area contributed by atoms with Crippen LogP contribution in [0.2, 0.25) is 0 Å². The maximum atomic E-state index is 13.5. The van der Waals surface area contributed by atoms with Crippen LogP contribution in [0, 0.1) is 35.9 Å². The maximum absolute atomic E-state index is 13.5. The van der Waals surface area contributed by atoms with Crippen molar-refractivity contribution in [2.24, 2.45) is 11.8 Å². The third kappa shape index (κ3) is 4.94. The maximum Gasteiger partial charge on any atom is 0.282 e. The fourth-order valence-corrected chi connectivity index (χ4v) is 6.68. The van der Waals surface area contributed by atoms with E-state index in [-0.39, 0.29) is 49.7 Å². The number of likely N-dealkylation sites (tertiary alicyclic amines) is 1. The molecule has 3 heterocycles. The smallest absolute Gasteiger partial charge is 0.282 e. The number of benzene rings is 1. The van der Waals surface area contributed by atoms with Crippen molar-refractivity contribution in [3.63, 3.8) is 0 Å². The van der Waals surface area contributed by atoms with E-state index < -0.39 is 22.2 Å². The molecule has 0 aliphatic carbocycles. The lowest BCUT2D eigenvalue weighted by Gasteiger charge is -2.41. The van der Waals surface area contributed by atoms with Crippen LogP contribution in [0.15, 0.2) is 18.2 Å². The van der Waals surface area contributed by atoms with E-state index in [0.29, 0.717) is 44.3 Å². The van der Waals surface area contributed by atoms with Gasteiger partial charge in [0.05, 0.1) is 17.9 Å². The van der Waals surface area contributed by atoms with Crippen molar-refractivity contribution in [1.82, 2.24) is 18.8 Å². The number of nitrogens with one attached hydrogen (secondary N) is 1. The van der Waals surface area contributed by atoms with Crippen LogP contribution in [0.1, 0.15) is 36.8 Å². The predicted molar refractivity (Wildman–Crippen MR) is 122 cm³/mol. The van der Waals surface area contributed by atoms with Gasteiger partial charge in [0, 0.05) is 39.3 Å². The van der Waals surface area contributed by atoms with Crippen LogP contribution in [0.4, 0.5) is 4.39 Å². The molecule has 11 heteroatoms. The molecule has 3 saturated heterocycles. The van der Waals surface area contributed by atoms with Gasteiger partial charge in [-0.15, -0.1) is 0 Å². The van der Waals surface area contributed by atoms with Gasteiger partial charge in [0.15, 0.2) is 0 Å². The van der Waals surface area contributed by atoms with Crippen molar-refractivity contribution in [3.05, 3.63) is 35.1 Å². The lowest BCUT2D eigenvalue weighted by atomic mass is 9.97. The van der Waals surface area contributed by atoms with E-state index in [1.165, 1.54) is 20.7 Å². The molecule has 4 rings (SSSR count). The molecule has 0 bridgehead atoms. The zero-order valence-electron chi connectivity index (χ0n) is 19.2. The molecule has 1 aromatic carbocycles. The Hall–Kier alpha value is -2.55. The Morgan fingerprint density at radius 3 is 2.62 bits per heavy atom. The fourth-order valence-electron chi connectivity index (χ4n) is 4.89. The number of amides is 2. The van der Waals surface area contributed by atoms with E-state index in [1.54, 1.807) is 11.0 Å². The summed E-state index contributed by atoms with van der Waals surface area (Å²) in [6.07, 6.45) is 2.37. The second-order valence-electron chi connectivity index (χ2n) is 9.33. The van der Waals surface area contributed by atoms with E-state index in [4.69, 9.17) is 5.26 Å². The van der Waals surface area contributed by atoms with Crippen LogP contribution in [0.5, 0.6) is 0 Å². The highest BCUT2D eigenvalue weighted by atomic mass is 32.2. The molecule has 2 atom stereocenters. The molecule has 0 radical (unpaired) electrons. The molecule has 3 aliphatic rings. The van der Waals surface area contributed by atoms with Crippen LogP contribution in [-0.4, -0.2) is 72.5 Å². The van der Waals surface area contributed by atoms with Crippen LogP contribution in [0.25, 0.3) is 0 Å². The highest BCUT2D eigenvalue weighted by Crippen LogP contribution is 2.29. The molecule has 0 unspecified atom stereocenters. The average Bonchev–Trinajstić information content (AvgIpc) is 3.28. The summed E-state index contributed by atoms with van der Waals surface area (Å²) in [5, 5.41) is 11.8. The monoisotopic (exact) mass is 491 g/mol. The first-order valence-electron chi connectivity index (χ1n) is 11.7. The molecular weight excluding hydrogens is 461 g/mol. The third-order valence-corrected chi connectivity index (χ3v) is 8.95. The van der Waals surface area contributed by atoms with Gasteiger partial charge in [-0.1, -0.05) is 6.07 Å². The normalized spacial score (nSPS) is 24.4. The van der Waals surface area contributed by atoms with Gasteiger partial charge in [0.25, 0.3) is 10.2 Å². The second-order valence-corrected chi connectivity index (χ2v) is 11.3. The number of nitrogens with zero attached hydrogens (tertiary/aromatic N) is 4. The number of piperidine rings is 1. The molecule has 0 saturated carbocycles. The molecule has 34 heavy (non-hydrogen) atoms. The van der Waals surface area contributed by atoms with Crippen molar-refractivity contribution < 1.29 is 22.4 Å². The quantitative estimate of drug-likeness (QED) is 0.641. The van der Waals surface area contributed by atoms with E-state index in [0.717, 1.165) is 5.56 Å². The number of halogens is 1. The minimum Gasteiger partial charge on any atom is -0.350 e. The molecule has 3 fully saturated rings. The minimum absolute atomic E-state index is 0.0855. The molecule has 1 aromatic rings. The van der Waals surface area contributed by atoms with Gasteiger partial charge in [0.1, 0.15) is 11.9 Å². The Bertz CT molecular complexity index is 1100. The van der Waals surface area contributed by atoms with Crippen LogP contribution >= 0.6 is 0 Å². The molecule has 9 nitrogen and oxygen atoms in total. The standard InChI is InChI=1S/C23H30FN5O4S/c1-16-6-7-20(24)10-19(16)12-26-22(30)21-5-3-9-29(21)23(31)18-4-2-8-27(15-18)34(32,33)28-13-17(11-25)14-28/h6-7,10,17-18,21H,2-5,8-9,12-15H2,1H3,(H,26,30)/t18-,21+/m0/s1. The molecule has 0 aromatic heterocycles. The highest BCUT2D eigenvalue weighted by Gasteiger charge is 2.44. The van der Waals surface area contributed by atoms with Gasteiger partial charge >= 0.3 is 0 Å². The van der Waals surface area contributed by atoms with E-state index in [1.807, 2.05) is 6.92 Å². The van der Waals surface area contributed by atoms with Crippen LogP contribution < -0.4 is 5.32 Å². The lowest BCUT2D eigenvalue weighted by Crippen LogP contribution is -2.57. The van der Waals surface area contributed by atoms with E-state index in [9.17, 15) is 22.4 Å². The Morgan fingerprint density at radius 2 is 1.88 bits per heavy atom. The summed E-state index contributed by atoms with van der Waals surface area (Å²) in [4.78, 5) is 27.8. The van der Waals surface area contributed by atoms with Gasteiger partial charge in [-0.05, 0) is 55.9 Å². The van der Waals surface area contributed by atoms with Gasteiger partial charge in [0.2, 0.25) is 11.8 Å². The third-order valence-electron chi connectivity index (χ3n) is 7.02. The van der Waals surface area contributed by atoms with Crippen molar-refractivity contribution >= 4 is 22.0 Å². The van der Waals surface area contributed by atoms with Crippen LogP contribution in [0.3, 0.4) is 0 Å². The van der Waals surface area contributed by atoms with Gasteiger partial charge < -0.3 is 10.2 Å². The van der Waals surface area contributed by atoms with Crippen molar-refractivity contribution in [3.8, 4) is 6.07 Å². The van der Waals surface area contributed by atoms with Crippen molar-refractivity contribution in [1.29, 1.82) is 5.26 Å². The molecule has 2 amide bonds. The Labute approximate surface area is 199 Å². The molecule has 3 aliphatic heterocycles. The number of carbonyl (C=O) groups excluding carboxylic acids is 2. The van der Waals surface area contributed by atoms with E-state index in [2.05, 4.69) is 11.4 Å². The highest BCUT2D eigenvalue weighted by molar-refractivity contribution is 7.86. The van der Waals surface area contributed by atoms with Gasteiger partial charge in [-0.2, -0.15) is 22.3 Å². The first-order valence-corrected chi connectivity index (χ1v) is 13.1. The number of rotatable bonds is 6. The van der Waals surface area contributed by atoms with Crippen molar-refractivity contribution in [2.45, 2.75) is 45.2 Å².